The van der Waals surface area contributed by atoms with E-state index in [-0.39, 0.29) is 12.2 Å². The highest BCUT2D eigenvalue weighted by Crippen LogP contribution is 2.26. The zero-order chi connectivity index (χ0) is 11.2. The Kier molecular flexibility index (Phi) is 4.08. The Morgan fingerprint density at radius 3 is 2.56 bits per heavy atom. The molecule has 0 aliphatic carbocycles. The zero-order valence-corrected chi connectivity index (χ0v) is 9.17. The highest BCUT2D eigenvalue weighted by molar-refractivity contribution is 5.51. The lowest BCUT2D eigenvalue weighted by Crippen LogP contribution is -2.13. The van der Waals surface area contributed by atoms with Crippen LogP contribution in [0.2, 0.25) is 0 Å². The van der Waals surface area contributed by atoms with E-state index in [0.29, 0.717) is 19.6 Å². The first-order valence-electron chi connectivity index (χ1n) is 5.62. The van der Waals surface area contributed by atoms with Gasteiger partial charge in [0, 0.05) is 12.8 Å². The second-order valence-corrected chi connectivity index (χ2v) is 3.92. The van der Waals surface area contributed by atoms with Gasteiger partial charge in [-0.15, -0.1) is 0 Å². The standard InChI is InChI=1S/C13H16O3/c14-7-6-12(10-13-15-8-9-16-13)11-4-2-1-3-5-11/h1-5,7,12-13H,6,8-10H2. The van der Waals surface area contributed by atoms with Gasteiger partial charge in [-0.1, -0.05) is 30.3 Å². The summed E-state index contributed by atoms with van der Waals surface area (Å²) >= 11 is 0. The van der Waals surface area contributed by atoms with Crippen LogP contribution in [0, 0.1) is 0 Å². The summed E-state index contributed by atoms with van der Waals surface area (Å²) in [7, 11) is 0. The molecule has 16 heavy (non-hydrogen) atoms. The van der Waals surface area contributed by atoms with Crippen molar-refractivity contribution in [2.45, 2.75) is 25.0 Å². The van der Waals surface area contributed by atoms with Gasteiger partial charge in [0.1, 0.15) is 6.29 Å². The number of hydrogen-bond donors (Lipinski definition) is 0. The number of carbonyl (C=O) groups excluding carboxylic acids is 1. The summed E-state index contributed by atoms with van der Waals surface area (Å²) in [4.78, 5) is 10.7. The summed E-state index contributed by atoms with van der Waals surface area (Å²) in [6.07, 6.45) is 2.09. The molecule has 3 nitrogen and oxygen atoms in total. The fourth-order valence-corrected chi connectivity index (χ4v) is 1.99. The SMILES string of the molecule is O=CCC(CC1OCCO1)c1ccccc1. The van der Waals surface area contributed by atoms with Gasteiger partial charge in [-0.05, 0) is 11.5 Å². The summed E-state index contributed by atoms with van der Waals surface area (Å²) in [6, 6.07) is 10.0. The molecule has 86 valence electrons. The molecule has 0 saturated carbocycles. The largest absolute Gasteiger partial charge is 0.350 e. The van der Waals surface area contributed by atoms with Crippen molar-refractivity contribution in [3.05, 3.63) is 35.9 Å². The third-order valence-electron chi connectivity index (χ3n) is 2.82. The van der Waals surface area contributed by atoms with Crippen LogP contribution in [0.25, 0.3) is 0 Å². The van der Waals surface area contributed by atoms with E-state index < -0.39 is 0 Å². The van der Waals surface area contributed by atoms with Gasteiger partial charge in [-0.3, -0.25) is 0 Å². The summed E-state index contributed by atoms with van der Waals surface area (Å²) in [5.74, 6) is 0.196. The van der Waals surface area contributed by atoms with Crippen LogP contribution in [0.1, 0.15) is 24.3 Å². The van der Waals surface area contributed by atoms with Crippen LogP contribution < -0.4 is 0 Å². The minimum atomic E-state index is -0.148. The van der Waals surface area contributed by atoms with Crippen LogP contribution >= 0.6 is 0 Å². The maximum atomic E-state index is 10.7. The summed E-state index contributed by atoms with van der Waals surface area (Å²) < 4.78 is 10.8. The first kappa shape index (κ1) is 11.3. The van der Waals surface area contributed by atoms with Gasteiger partial charge in [-0.2, -0.15) is 0 Å². The molecule has 1 saturated heterocycles. The zero-order valence-electron chi connectivity index (χ0n) is 9.17. The molecule has 0 radical (unpaired) electrons. The van der Waals surface area contributed by atoms with Crippen molar-refractivity contribution in [2.24, 2.45) is 0 Å². The summed E-state index contributed by atoms with van der Waals surface area (Å²) in [5, 5.41) is 0. The van der Waals surface area contributed by atoms with Crippen LogP contribution in [0.5, 0.6) is 0 Å². The second-order valence-electron chi connectivity index (χ2n) is 3.92. The predicted octanol–water partition coefficient (Wildman–Crippen LogP) is 2.12. The van der Waals surface area contributed by atoms with Crippen molar-refractivity contribution >= 4 is 6.29 Å². The summed E-state index contributed by atoms with van der Waals surface area (Å²) in [6.45, 7) is 1.32. The smallest absolute Gasteiger partial charge is 0.158 e. The molecular weight excluding hydrogens is 204 g/mol. The molecule has 0 amide bonds. The molecule has 1 heterocycles. The van der Waals surface area contributed by atoms with Gasteiger partial charge in [0.25, 0.3) is 0 Å². The minimum Gasteiger partial charge on any atom is -0.350 e. The Hall–Kier alpha value is -1.19. The Balaban J connectivity index is 2.01. The Morgan fingerprint density at radius 2 is 1.94 bits per heavy atom. The predicted molar refractivity (Wildman–Crippen MR) is 60.2 cm³/mol. The van der Waals surface area contributed by atoms with Gasteiger partial charge in [0.2, 0.25) is 0 Å². The van der Waals surface area contributed by atoms with Crippen LogP contribution in [-0.2, 0) is 14.3 Å². The molecule has 1 aromatic rings. The maximum Gasteiger partial charge on any atom is 0.158 e. The fraction of sp³-hybridized carbons (Fsp3) is 0.462. The molecular formula is C13H16O3. The highest BCUT2D eigenvalue weighted by atomic mass is 16.7. The van der Waals surface area contributed by atoms with E-state index in [9.17, 15) is 4.79 Å². The van der Waals surface area contributed by atoms with Crippen molar-refractivity contribution in [2.75, 3.05) is 13.2 Å². The maximum absolute atomic E-state index is 10.7. The molecule has 0 spiro atoms. The second kappa shape index (κ2) is 5.77. The Bertz CT molecular complexity index is 317. The van der Waals surface area contributed by atoms with Crippen molar-refractivity contribution in [1.82, 2.24) is 0 Å². The van der Waals surface area contributed by atoms with Crippen LogP contribution in [0.3, 0.4) is 0 Å². The molecule has 1 fully saturated rings. The third kappa shape index (κ3) is 2.90. The minimum absolute atomic E-state index is 0.148. The van der Waals surface area contributed by atoms with Gasteiger partial charge < -0.3 is 14.3 Å². The van der Waals surface area contributed by atoms with E-state index >= 15 is 0 Å². The van der Waals surface area contributed by atoms with E-state index in [4.69, 9.17) is 9.47 Å². The monoisotopic (exact) mass is 220 g/mol. The number of aldehydes is 1. The van der Waals surface area contributed by atoms with Crippen LogP contribution in [0.4, 0.5) is 0 Å². The van der Waals surface area contributed by atoms with Gasteiger partial charge in [0.15, 0.2) is 6.29 Å². The topological polar surface area (TPSA) is 35.5 Å². The van der Waals surface area contributed by atoms with Crippen molar-refractivity contribution in [1.29, 1.82) is 0 Å². The van der Waals surface area contributed by atoms with E-state index in [1.54, 1.807) is 0 Å². The average Bonchev–Trinajstić information content (AvgIpc) is 2.83. The lowest BCUT2D eigenvalue weighted by Gasteiger charge is -2.18. The van der Waals surface area contributed by atoms with E-state index in [2.05, 4.69) is 0 Å². The highest BCUT2D eigenvalue weighted by Gasteiger charge is 2.22. The normalized spacial score (nSPS) is 18.5. The number of carbonyl (C=O) groups is 1. The van der Waals surface area contributed by atoms with Crippen LogP contribution in [-0.4, -0.2) is 25.8 Å². The molecule has 2 rings (SSSR count). The van der Waals surface area contributed by atoms with Gasteiger partial charge in [-0.25, -0.2) is 0 Å². The molecule has 1 aromatic carbocycles. The quantitative estimate of drug-likeness (QED) is 0.713. The molecule has 0 N–H and O–H groups in total. The molecule has 0 bridgehead atoms. The molecule has 1 atom stereocenters. The van der Waals surface area contributed by atoms with Crippen molar-refractivity contribution in [3.8, 4) is 0 Å². The van der Waals surface area contributed by atoms with E-state index in [1.807, 2.05) is 30.3 Å². The molecule has 3 heteroatoms. The van der Waals surface area contributed by atoms with Crippen LogP contribution in [0.15, 0.2) is 30.3 Å². The van der Waals surface area contributed by atoms with Crippen molar-refractivity contribution in [3.63, 3.8) is 0 Å². The van der Waals surface area contributed by atoms with E-state index in [1.165, 1.54) is 5.56 Å². The van der Waals surface area contributed by atoms with E-state index in [0.717, 1.165) is 12.7 Å². The summed E-state index contributed by atoms with van der Waals surface area (Å²) in [5.41, 5.74) is 1.17. The number of hydrogen-bond acceptors (Lipinski definition) is 3. The van der Waals surface area contributed by atoms with Gasteiger partial charge in [0.05, 0.1) is 13.2 Å². The number of ether oxygens (including phenoxy) is 2. The number of benzene rings is 1. The first-order valence-corrected chi connectivity index (χ1v) is 5.62. The first-order chi connectivity index (χ1) is 7.90. The lowest BCUT2D eigenvalue weighted by atomic mass is 9.93. The average molecular weight is 220 g/mol. The fourth-order valence-electron chi connectivity index (χ4n) is 1.99. The lowest BCUT2D eigenvalue weighted by molar-refractivity contribution is -0.108. The third-order valence-corrected chi connectivity index (χ3v) is 2.82. The molecule has 1 aliphatic rings. The number of rotatable bonds is 5. The van der Waals surface area contributed by atoms with Gasteiger partial charge >= 0.3 is 0 Å². The molecule has 0 aromatic heterocycles. The molecule has 1 aliphatic heterocycles. The van der Waals surface area contributed by atoms with Crippen molar-refractivity contribution < 1.29 is 14.3 Å². The molecule has 1 unspecified atom stereocenters. The Morgan fingerprint density at radius 1 is 1.25 bits per heavy atom. The Labute approximate surface area is 95.4 Å².